The van der Waals surface area contributed by atoms with E-state index in [0.29, 0.717) is 0 Å². The largest absolute Gasteiger partial charge is 0.507 e. The predicted octanol–water partition coefficient (Wildman–Crippen LogP) is 2.37. The molecule has 9 nitrogen and oxygen atoms in total. The highest BCUT2D eigenvalue weighted by Crippen LogP contribution is 2.28. The molecule has 3 N–H and O–H groups in total. The number of morpholine rings is 1. The number of ether oxygens (including phenoxy) is 1. The maximum Gasteiger partial charge on any atom is 0.255 e. The van der Waals surface area contributed by atoms with E-state index in [1.807, 2.05) is 30.5 Å². The zero-order chi connectivity index (χ0) is 22.5. The second-order valence-electron chi connectivity index (χ2n) is 8.21. The summed E-state index contributed by atoms with van der Waals surface area (Å²) in [5, 5.41) is 16.6. The maximum atomic E-state index is 12.2. The first kappa shape index (κ1) is 22.0. The second-order valence-corrected chi connectivity index (χ2v) is 8.21. The van der Waals surface area contributed by atoms with Crippen LogP contribution in [0.3, 0.4) is 0 Å². The fraction of sp³-hybridized carbons (Fsp3) is 0.435. The van der Waals surface area contributed by atoms with Crippen LogP contribution in [0.15, 0.2) is 36.8 Å². The number of amides is 1. The molecule has 0 bridgehead atoms. The van der Waals surface area contributed by atoms with Gasteiger partial charge in [0.05, 0.1) is 30.7 Å². The SMILES string of the molecule is CC(C)NC(=O)c1ccc(-c2cnc3c(NCCCN4CCOCC4)nccn23)cc1O. The van der Waals surface area contributed by atoms with E-state index in [-0.39, 0.29) is 23.3 Å². The van der Waals surface area contributed by atoms with Crippen LogP contribution in [-0.2, 0) is 4.74 Å². The van der Waals surface area contributed by atoms with Gasteiger partial charge in [0.15, 0.2) is 11.5 Å². The number of aromatic hydroxyl groups is 1. The second kappa shape index (κ2) is 9.97. The monoisotopic (exact) mass is 438 g/mol. The molecule has 9 heteroatoms. The molecule has 2 aromatic heterocycles. The van der Waals surface area contributed by atoms with Gasteiger partial charge < -0.3 is 20.5 Å². The number of imidazole rings is 1. The molecule has 1 saturated heterocycles. The molecule has 1 aromatic carbocycles. The summed E-state index contributed by atoms with van der Waals surface area (Å²) < 4.78 is 7.32. The van der Waals surface area contributed by atoms with E-state index in [1.165, 1.54) is 0 Å². The topological polar surface area (TPSA) is 104 Å². The normalized spacial score (nSPS) is 14.7. The molecule has 0 unspecified atom stereocenters. The van der Waals surface area contributed by atoms with E-state index >= 15 is 0 Å². The van der Waals surface area contributed by atoms with E-state index < -0.39 is 0 Å². The Bertz CT molecular complexity index is 1070. The van der Waals surface area contributed by atoms with Crippen LogP contribution in [0.5, 0.6) is 5.75 Å². The molecule has 170 valence electrons. The number of rotatable bonds is 8. The minimum absolute atomic E-state index is 0.00681. The predicted molar refractivity (Wildman–Crippen MR) is 123 cm³/mol. The lowest BCUT2D eigenvalue weighted by Gasteiger charge is -2.26. The Hall–Kier alpha value is -3.17. The highest BCUT2D eigenvalue weighted by atomic mass is 16.5. The fourth-order valence-corrected chi connectivity index (χ4v) is 3.81. The van der Waals surface area contributed by atoms with Crippen molar-refractivity contribution < 1.29 is 14.6 Å². The standard InChI is InChI=1S/C23H30N6O3/c1-16(2)27-23(31)18-5-4-17(14-20(18)30)19-15-26-22-21(25-7-9-29(19)22)24-6-3-8-28-10-12-32-13-11-28/h4-5,7,9,14-16,30H,3,6,8,10-13H2,1-2H3,(H,24,25)(H,27,31). The lowest BCUT2D eigenvalue weighted by Crippen LogP contribution is -2.37. The van der Waals surface area contributed by atoms with E-state index in [2.05, 4.69) is 25.5 Å². The molecule has 3 aromatic rings. The van der Waals surface area contributed by atoms with Gasteiger partial charge in [-0.25, -0.2) is 9.97 Å². The van der Waals surface area contributed by atoms with Crippen LogP contribution in [0.1, 0.15) is 30.6 Å². The van der Waals surface area contributed by atoms with Gasteiger partial charge in [-0.1, -0.05) is 6.07 Å². The van der Waals surface area contributed by atoms with E-state index in [1.54, 1.807) is 24.5 Å². The Balaban J connectivity index is 1.46. The van der Waals surface area contributed by atoms with Crippen LogP contribution in [0.4, 0.5) is 5.82 Å². The summed E-state index contributed by atoms with van der Waals surface area (Å²) in [5.74, 6) is 0.360. The summed E-state index contributed by atoms with van der Waals surface area (Å²) in [6.45, 7) is 9.18. The third-order valence-corrected chi connectivity index (χ3v) is 5.43. The van der Waals surface area contributed by atoms with Gasteiger partial charge >= 0.3 is 0 Å². The molecule has 1 aliphatic rings. The van der Waals surface area contributed by atoms with Crippen LogP contribution in [0.2, 0.25) is 0 Å². The van der Waals surface area contributed by atoms with E-state index in [4.69, 9.17) is 4.74 Å². The molecule has 0 spiro atoms. The fourth-order valence-electron chi connectivity index (χ4n) is 3.81. The summed E-state index contributed by atoms with van der Waals surface area (Å²) in [6, 6.07) is 5.03. The Morgan fingerprint density at radius 1 is 1.25 bits per heavy atom. The Kier molecular flexibility index (Phi) is 6.87. The molecule has 0 radical (unpaired) electrons. The number of carbonyl (C=O) groups excluding carboxylic acids is 1. The third kappa shape index (κ3) is 5.00. The van der Waals surface area contributed by atoms with Gasteiger partial charge in [-0.3, -0.25) is 14.1 Å². The van der Waals surface area contributed by atoms with Gasteiger partial charge in [-0.2, -0.15) is 0 Å². The van der Waals surface area contributed by atoms with Gasteiger partial charge in [-0.15, -0.1) is 0 Å². The van der Waals surface area contributed by atoms with Crippen LogP contribution in [-0.4, -0.2) is 75.7 Å². The molecule has 3 heterocycles. The number of benzene rings is 1. The van der Waals surface area contributed by atoms with Crippen molar-refractivity contribution in [2.24, 2.45) is 0 Å². The number of hydrogen-bond donors (Lipinski definition) is 3. The molecule has 0 aliphatic carbocycles. The van der Waals surface area contributed by atoms with Crippen LogP contribution < -0.4 is 10.6 Å². The average Bonchev–Trinajstić information content (AvgIpc) is 3.22. The number of carbonyl (C=O) groups is 1. The molecular formula is C23H30N6O3. The Morgan fingerprint density at radius 3 is 2.81 bits per heavy atom. The first-order valence-corrected chi connectivity index (χ1v) is 11.0. The summed E-state index contributed by atoms with van der Waals surface area (Å²) in [5.41, 5.74) is 2.54. The van der Waals surface area contributed by atoms with Gasteiger partial charge in [0.2, 0.25) is 0 Å². The maximum absolute atomic E-state index is 12.2. The smallest absolute Gasteiger partial charge is 0.255 e. The minimum Gasteiger partial charge on any atom is -0.507 e. The molecule has 1 aliphatic heterocycles. The van der Waals surface area contributed by atoms with Crippen LogP contribution in [0, 0.1) is 0 Å². The van der Waals surface area contributed by atoms with Gasteiger partial charge in [0.25, 0.3) is 5.91 Å². The van der Waals surface area contributed by atoms with E-state index in [9.17, 15) is 9.90 Å². The molecule has 1 fully saturated rings. The first-order chi connectivity index (χ1) is 15.5. The first-order valence-electron chi connectivity index (χ1n) is 11.0. The van der Waals surface area contributed by atoms with Crippen molar-refractivity contribution >= 4 is 17.4 Å². The van der Waals surface area contributed by atoms with Crippen molar-refractivity contribution in [1.82, 2.24) is 24.6 Å². The van der Waals surface area contributed by atoms with Crippen molar-refractivity contribution in [2.75, 3.05) is 44.7 Å². The van der Waals surface area contributed by atoms with Crippen molar-refractivity contribution in [2.45, 2.75) is 26.3 Å². The molecular weight excluding hydrogens is 408 g/mol. The molecule has 0 saturated carbocycles. The zero-order valence-electron chi connectivity index (χ0n) is 18.5. The lowest BCUT2D eigenvalue weighted by molar-refractivity contribution is 0.0378. The highest BCUT2D eigenvalue weighted by molar-refractivity contribution is 5.97. The number of anilines is 1. The van der Waals surface area contributed by atoms with Crippen LogP contribution >= 0.6 is 0 Å². The quantitative estimate of drug-likeness (QED) is 0.464. The number of nitrogens with zero attached hydrogens (tertiary/aromatic N) is 4. The number of aromatic nitrogens is 3. The van der Waals surface area contributed by atoms with Crippen molar-refractivity contribution in [1.29, 1.82) is 0 Å². The molecule has 32 heavy (non-hydrogen) atoms. The molecule has 1 amide bonds. The minimum atomic E-state index is -0.296. The van der Waals surface area contributed by atoms with Crippen molar-refractivity contribution in [3.8, 4) is 17.0 Å². The average molecular weight is 439 g/mol. The number of fused-ring (bicyclic) bond motifs is 1. The van der Waals surface area contributed by atoms with Gasteiger partial charge in [0.1, 0.15) is 5.75 Å². The summed E-state index contributed by atoms with van der Waals surface area (Å²) in [7, 11) is 0. The number of hydrogen-bond acceptors (Lipinski definition) is 7. The number of phenols is 1. The Labute approximate surface area is 187 Å². The Morgan fingerprint density at radius 2 is 2.06 bits per heavy atom. The van der Waals surface area contributed by atoms with Crippen molar-refractivity contribution in [3.05, 3.63) is 42.4 Å². The number of nitrogens with one attached hydrogen (secondary N) is 2. The van der Waals surface area contributed by atoms with Gasteiger partial charge in [-0.05, 0) is 38.9 Å². The number of phenolic OH excluding ortho intramolecular Hbond substituents is 1. The zero-order valence-corrected chi connectivity index (χ0v) is 18.5. The summed E-state index contributed by atoms with van der Waals surface area (Å²) in [4.78, 5) is 23.6. The van der Waals surface area contributed by atoms with Crippen LogP contribution in [0.25, 0.3) is 16.9 Å². The third-order valence-electron chi connectivity index (χ3n) is 5.43. The molecule has 4 rings (SSSR count). The molecule has 0 atom stereocenters. The van der Waals surface area contributed by atoms with Crippen molar-refractivity contribution in [3.63, 3.8) is 0 Å². The highest BCUT2D eigenvalue weighted by Gasteiger charge is 2.16. The lowest BCUT2D eigenvalue weighted by atomic mass is 10.1. The van der Waals surface area contributed by atoms with Gasteiger partial charge in [0, 0.05) is 43.6 Å². The summed E-state index contributed by atoms with van der Waals surface area (Å²) >= 11 is 0. The van der Waals surface area contributed by atoms with E-state index in [0.717, 1.165) is 68.5 Å². The summed E-state index contributed by atoms with van der Waals surface area (Å²) in [6.07, 6.45) is 6.32.